The first-order valence-corrected chi connectivity index (χ1v) is 5.57. The van der Waals surface area contributed by atoms with Gasteiger partial charge in [-0.05, 0) is 30.8 Å². The van der Waals surface area contributed by atoms with Gasteiger partial charge in [0.25, 0.3) is 0 Å². The molecule has 0 aliphatic heterocycles. The number of ether oxygens (including phenoxy) is 1. The molecule has 0 saturated heterocycles. The monoisotopic (exact) mass is 289 g/mol. The quantitative estimate of drug-likeness (QED) is 0.738. The lowest BCUT2D eigenvalue weighted by Gasteiger charge is -2.11. The fourth-order valence-corrected chi connectivity index (χ4v) is 2.32. The molecule has 1 aromatic carbocycles. The van der Waals surface area contributed by atoms with Gasteiger partial charge >= 0.3 is 5.51 Å². The van der Waals surface area contributed by atoms with Gasteiger partial charge < -0.3 is 4.74 Å². The maximum Gasteiger partial charge on any atom is 0.446 e. The highest BCUT2D eigenvalue weighted by atomic mass is 35.5. The maximum atomic E-state index is 12.1. The largest absolute Gasteiger partial charge is 0.490 e. The maximum absolute atomic E-state index is 12.1. The lowest BCUT2D eigenvalue weighted by molar-refractivity contribution is -0.0328. The molecule has 0 heterocycles. The number of halogens is 5. The van der Waals surface area contributed by atoms with Gasteiger partial charge in [-0.25, -0.2) is 0 Å². The van der Waals surface area contributed by atoms with Crippen LogP contribution in [0.1, 0.15) is 0 Å². The molecule has 0 aliphatic carbocycles. The Labute approximate surface area is 105 Å². The molecule has 0 aromatic heterocycles. The van der Waals surface area contributed by atoms with Gasteiger partial charge in [-0.2, -0.15) is 13.2 Å². The molecule has 0 bridgehead atoms. The van der Waals surface area contributed by atoms with Crippen LogP contribution >= 0.6 is 35.0 Å². The van der Waals surface area contributed by atoms with E-state index in [4.69, 9.17) is 27.9 Å². The summed E-state index contributed by atoms with van der Waals surface area (Å²) in [6, 6.07) is 2.30. The Morgan fingerprint density at radius 2 is 1.75 bits per heavy atom. The van der Waals surface area contributed by atoms with E-state index in [0.29, 0.717) is 0 Å². The number of rotatable bonds is 3. The molecular weight excluding hydrogens is 284 g/mol. The van der Waals surface area contributed by atoms with Crippen LogP contribution in [0.5, 0.6) is 5.75 Å². The zero-order valence-corrected chi connectivity index (χ0v) is 10.1. The minimum absolute atomic E-state index is 0.0305. The number of benzene rings is 1. The van der Waals surface area contributed by atoms with Gasteiger partial charge in [-0.15, -0.1) is 0 Å². The Kier molecular flexibility index (Phi) is 4.64. The van der Waals surface area contributed by atoms with Crippen LogP contribution in [0.25, 0.3) is 0 Å². The zero-order chi connectivity index (χ0) is 12.3. The van der Waals surface area contributed by atoms with E-state index in [2.05, 4.69) is 6.92 Å². The van der Waals surface area contributed by atoms with Crippen LogP contribution < -0.4 is 4.74 Å². The number of thioether (sulfide) groups is 1. The lowest BCUT2D eigenvalue weighted by Crippen LogP contribution is -1.99. The van der Waals surface area contributed by atoms with E-state index in [9.17, 15) is 13.2 Å². The first-order valence-electron chi connectivity index (χ1n) is 4.00. The van der Waals surface area contributed by atoms with Crippen molar-refractivity contribution >= 4 is 35.0 Å². The summed E-state index contributed by atoms with van der Waals surface area (Å²) in [5, 5.41) is 0.0609. The molecule has 0 fully saturated rings. The summed E-state index contributed by atoms with van der Waals surface area (Å²) in [7, 11) is 0. The molecule has 0 aliphatic rings. The highest BCUT2D eigenvalue weighted by Gasteiger charge is 2.30. The van der Waals surface area contributed by atoms with Crippen LogP contribution in [0.4, 0.5) is 13.2 Å². The van der Waals surface area contributed by atoms with E-state index in [0.717, 1.165) is 12.1 Å². The first kappa shape index (κ1) is 13.8. The van der Waals surface area contributed by atoms with E-state index in [1.54, 1.807) is 0 Å². The van der Waals surface area contributed by atoms with Crippen LogP contribution in [0.3, 0.4) is 0 Å². The van der Waals surface area contributed by atoms with E-state index >= 15 is 0 Å². The van der Waals surface area contributed by atoms with Crippen molar-refractivity contribution in [2.45, 2.75) is 10.4 Å². The van der Waals surface area contributed by atoms with Crippen molar-refractivity contribution in [2.75, 3.05) is 6.61 Å². The average Bonchev–Trinajstić information content (AvgIpc) is 2.08. The molecule has 0 amide bonds. The highest BCUT2D eigenvalue weighted by Crippen LogP contribution is 2.42. The summed E-state index contributed by atoms with van der Waals surface area (Å²) in [5.74, 6) is 0.143. The van der Waals surface area contributed by atoms with Crippen LogP contribution in [-0.2, 0) is 0 Å². The fraction of sp³-hybridized carbons (Fsp3) is 0.222. The predicted molar refractivity (Wildman–Crippen MR) is 59.2 cm³/mol. The predicted octanol–water partition coefficient (Wildman–Crippen LogP) is 4.82. The van der Waals surface area contributed by atoms with E-state index < -0.39 is 5.51 Å². The molecule has 0 atom stereocenters. The van der Waals surface area contributed by atoms with Crippen LogP contribution in [0, 0.1) is 6.92 Å². The van der Waals surface area contributed by atoms with Crippen molar-refractivity contribution in [1.29, 1.82) is 0 Å². The average molecular weight is 290 g/mol. The lowest BCUT2D eigenvalue weighted by atomic mass is 10.3. The standard InChI is InChI=1S/C9H6Cl2F3OS/c1-2-15-8-6(10)3-5(4-7(8)11)16-9(12,13)14/h3-4H,1-2H2. The first-order chi connectivity index (χ1) is 7.33. The van der Waals surface area contributed by atoms with Gasteiger partial charge in [0.1, 0.15) is 0 Å². The molecule has 1 rings (SSSR count). The minimum atomic E-state index is -4.37. The molecule has 0 N–H and O–H groups in total. The SMILES string of the molecule is [CH2]COc1c(Cl)cc(SC(F)(F)F)cc1Cl. The third kappa shape index (κ3) is 3.96. The fourth-order valence-electron chi connectivity index (χ4n) is 0.969. The second-order valence-corrected chi connectivity index (χ2v) is 4.57. The zero-order valence-electron chi connectivity index (χ0n) is 7.78. The second kappa shape index (κ2) is 5.38. The molecule has 0 unspecified atom stereocenters. The van der Waals surface area contributed by atoms with E-state index in [1.165, 1.54) is 0 Å². The van der Waals surface area contributed by atoms with Gasteiger partial charge in [0.05, 0.1) is 16.7 Å². The highest BCUT2D eigenvalue weighted by molar-refractivity contribution is 8.00. The molecule has 0 spiro atoms. The molecule has 16 heavy (non-hydrogen) atoms. The Morgan fingerprint density at radius 1 is 1.25 bits per heavy atom. The molecule has 1 nitrogen and oxygen atoms in total. The summed E-state index contributed by atoms with van der Waals surface area (Å²) >= 11 is 11.2. The molecule has 1 aromatic rings. The normalized spacial score (nSPS) is 11.6. The molecule has 7 heteroatoms. The van der Waals surface area contributed by atoms with Crippen molar-refractivity contribution in [2.24, 2.45) is 0 Å². The number of alkyl halides is 3. The topological polar surface area (TPSA) is 9.23 Å². The Bertz CT molecular complexity index is 359. The van der Waals surface area contributed by atoms with E-state index in [-0.39, 0.29) is 39.1 Å². The van der Waals surface area contributed by atoms with Crippen molar-refractivity contribution in [3.63, 3.8) is 0 Å². The minimum Gasteiger partial charge on any atom is -0.490 e. The Morgan fingerprint density at radius 3 is 2.12 bits per heavy atom. The summed E-state index contributed by atoms with van der Waals surface area (Å²) in [4.78, 5) is -0.0843. The summed E-state index contributed by atoms with van der Waals surface area (Å²) in [6.45, 7) is 3.51. The molecular formula is C9H6Cl2F3OS. The van der Waals surface area contributed by atoms with Crippen molar-refractivity contribution in [3.05, 3.63) is 29.1 Å². The molecule has 1 radical (unpaired) electrons. The number of hydrogen-bond acceptors (Lipinski definition) is 2. The van der Waals surface area contributed by atoms with Gasteiger partial charge in [0.15, 0.2) is 5.75 Å². The van der Waals surface area contributed by atoms with Crippen molar-refractivity contribution in [1.82, 2.24) is 0 Å². The third-order valence-electron chi connectivity index (χ3n) is 1.45. The summed E-state index contributed by atoms with van der Waals surface area (Å²) in [6.07, 6.45) is 0. The van der Waals surface area contributed by atoms with Crippen molar-refractivity contribution in [3.8, 4) is 5.75 Å². The van der Waals surface area contributed by atoms with Gasteiger partial charge in [0.2, 0.25) is 0 Å². The van der Waals surface area contributed by atoms with Gasteiger partial charge in [-0.1, -0.05) is 23.2 Å². The second-order valence-electron chi connectivity index (χ2n) is 2.61. The molecule has 89 valence electrons. The van der Waals surface area contributed by atoms with Crippen molar-refractivity contribution < 1.29 is 17.9 Å². The summed E-state index contributed by atoms with van der Waals surface area (Å²) in [5.41, 5.74) is -4.37. The van der Waals surface area contributed by atoms with Gasteiger partial charge in [-0.3, -0.25) is 0 Å². The van der Waals surface area contributed by atoms with Crippen LogP contribution in [0.2, 0.25) is 10.0 Å². The Hall–Kier alpha value is -0.260. The van der Waals surface area contributed by atoms with E-state index in [1.807, 2.05) is 0 Å². The number of hydrogen-bond donors (Lipinski definition) is 0. The smallest absolute Gasteiger partial charge is 0.446 e. The Balaban J connectivity index is 3.00. The van der Waals surface area contributed by atoms with Crippen LogP contribution in [-0.4, -0.2) is 12.1 Å². The molecule has 0 saturated carbocycles. The van der Waals surface area contributed by atoms with Gasteiger partial charge in [0, 0.05) is 4.90 Å². The third-order valence-corrected chi connectivity index (χ3v) is 2.72. The van der Waals surface area contributed by atoms with Crippen LogP contribution in [0.15, 0.2) is 17.0 Å². The summed E-state index contributed by atoms with van der Waals surface area (Å²) < 4.78 is 41.3.